The number of aryl methyl sites for hydroxylation is 1. The molecule has 0 radical (unpaired) electrons. The maximum atomic E-state index is 12.3. The second kappa shape index (κ2) is 6.11. The first-order chi connectivity index (χ1) is 9.38. The Balaban J connectivity index is 2.07. The highest BCUT2D eigenvalue weighted by molar-refractivity contribution is 7.89. The van der Waals surface area contributed by atoms with Gasteiger partial charge in [0, 0.05) is 18.3 Å². The summed E-state index contributed by atoms with van der Waals surface area (Å²) in [5.74, 6) is 0. The fourth-order valence-electron chi connectivity index (χ4n) is 2.62. The maximum Gasteiger partial charge on any atom is 0.240 e. The van der Waals surface area contributed by atoms with Crippen molar-refractivity contribution in [1.29, 1.82) is 0 Å². The summed E-state index contributed by atoms with van der Waals surface area (Å²) < 4.78 is 27.3. The van der Waals surface area contributed by atoms with Gasteiger partial charge in [-0.25, -0.2) is 13.1 Å². The summed E-state index contributed by atoms with van der Waals surface area (Å²) in [4.78, 5) is 2.46. The van der Waals surface area contributed by atoms with Crippen LogP contribution in [0.1, 0.15) is 24.8 Å². The van der Waals surface area contributed by atoms with Crippen LogP contribution < -0.4 is 10.5 Å². The summed E-state index contributed by atoms with van der Waals surface area (Å²) in [6, 6.07) is 5.18. The van der Waals surface area contributed by atoms with Crippen molar-refractivity contribution < 1.29 is 8.42 Å². The SMILES string of the molecule is Cc1cc(N)cc(S(=O)(=O)NCC2CCCCN2C)c1. The van der Waals surface area contributed by atoms with Gasteiger partial charge in [0.2, 0.25) is 10.0 Å². The molecular formula is C14H23N3O2S. The van der Waals surface area contributed by atoms with Gasteiger partial charge in [-0.3, -0.25) is 0 Å². The molecule has 1 heterocycles. The van der Waals surface area contributed by atoms with Crippen molar-refractivity contribution in [2.45, 2.75) is 37.1 Å². The molecule has 0 amide bonds. The van der Waals surface area contributed by atoms with Crippen LogP contribution in [-0.2, 0) is 10.0 Å². The number of piperidine rings is 1. The predicted molar refractivity (Wildman–Crippen MR) is 81.0 cm³/mol. The van der Waals surface area contributed by atoms with Crippen molar-refractivity contribution in [3.63, 3.8) is 0 Å². The molecule has 0 spiro atoms. The Morgan fingerprint density at radius 2 is 2.10 bits per heavy atom. The van der Waals surface area contributed by atoms with Gasteiger partial charge >= 0.3 is 0 Å². The lowest BCUT2D eigenvalue weighted by molar-refractivity contribution is 0.187. The number of nitrogen functional groups attached to an aromatic ring is 1. The molecule has 1 fully saturated rings. The lowest BCUT2D eigenvalue weighted by Gasteiger charge is -2.32. The fourth-order valence-corrected chi connectivity index (χ4v) is 3.83. The van der Waals surface area contributed by atoms with Crippen LogP contribution in [0.5, 0.6) is 0 Å². The van der Waals surface area contributed by atoms with Gasteiger partial charge < -0.3 is 10.6 Å². The molecule has 1 unspecified atom stereocenters. The summed E-state index contributed by atoms with van der Waals surface area (Å²) in [7, 11) is -1.44. The minimum atomic E-state index is -3.48. The standard InChI is InChI=1S/C14H23N3O2S/c1-11-7-12(15)9-14(8-11)20(18,19)16-10-13-5-3-4-6-17(13)2/h7-9,13,16H,3-6,10,15H2,1-2H3. The molecule has 1 atom stereocenters. The number of nitrogens with zero attached hydrogens (tertiary/aromatic N) is 1. The van der Waals surface area contributed by atoms with E-state index in [1.54, 1.807) is 12.1 Å². The van der Waals surface area contributed by atoms with E-state index in [1.165, 1.54) is 12.5 Å². The number of rotatable bonds is 4. The molecule has 2 rings (SSSR count). The second-order valence-corrected chi connectivity index (χ2v) is 7.33. The van der Waals surface area contributed by atoms with Gasteiger partial charge in [0.1, 0.15) is 0 Å². The Morgan fingerprint density at radius 1 is 1.35 bits per heavy atom. The molecule has 112 valence electrons. The zero-order valence-corrected chi connectivity index (χ0v) is 12.9. The van der Waals surface area contributed by atoms with Crippen molar-refractivity contribution in [3.05, 3.63) is 23.8 Å². The molecule has 0 saturated carbocycles. The fraction of sp³-hybridized carbons (Fsp3) is 0.571. The molecule has 5 nitrogen and oxygen atoms in total. The van der Waals surface area contributed by atoms with Crippen molar-refractivity contribution in [2.75, 3.05) is 25.9 Å². The van der Waals surface area contributed by atoms with Crippen molar-refractivity contribution in [2.24, 2.45) is 0 Å². The van der Waals surface area contributed by atoms with Crippen LogP contribution in [0.4, 0.5) is 5.69 Å². The molecule has 20 heavy (non-hydrogen) atoms. The predicted octanol–water partition coefficient (Wildman–Crippen LogP) is 1.34. The number of nitrogens with two attached hydrogens (primary N) is 1. The van der Waals surface area contributed by atoms with Crippen LogP contribution in [0.15, 0.2) is 23.1 Å². The van der Waals surface area contributed by atoms with Gasteiger partial charge in [-0.05, 0) is 57.1 Å². The summed E-state index contributed by atoms with van der Waals surface area (Å²) >= 11 is 0. The highest BCUT2D eigenvalue weighted by atomic mass is 32.2. The molecule has 1 saturated heterocycles. The molecule has 0 aromatic heterocycles. The van der Waals surface area contributed by atoms with Gasteiger partial charge in [-0.1, -0.05) is 6.42 Å². The van der Waals surface area contributed by atoms with Crippen molar-refractivity contribution in [1.82, 2.24) is 9.62 Å². The highest BCUT2D eigenvalue weighted by Crippen LogP contribution is 2.18. The number of anilines is 1. The lowest BCUT2D eigenvalue weighted by Crippen LogP contribution is -2.44. The van der Waals surface area contributed by atoms with Gasteiger partial charge in [-0.15, -0.1) is 0 Å². The lowest BCUT2D eigenvalue weighted by atomic mass is 10.0. The van der Waals surface area contributed by atoms with Crippen LogP contribution in [-0.4, -0.2) is 39.5 Å². The molecule has 0 bridgehead atoms. The number of hydrogen-bond acceptors (Lipinski definition) is 4. The monoisotopic (exact) mass is 297 g/mol. The second-order valence-electron chi connectivity index (χ2n) is 5.56. The van der Waals surface area contributed by atoms with E-state index in [0.717, 1.165) is 24.9 Å². The maximum absolute atomic E-state index is 12.3. The minimum Gasteiger partial charge on any atom is -0.399 e. The number of likely N-dealkylation sites (N-methyl/N-ethyl adjacent to an activating group) is 1. The molecule has 1 aliphatic heterocycles. The third-order valence-corrected chi connectivity index (χ3v) is 5.22. The number of nitrogens with one attached hydrogen (secondary N) is 1. The van der Waals surface area contributed by atoms with Crippen LogP contribution >= 0.6 is 0 Å². The van der Waals surface area contributed by atoms with Gasteiger partial charge in [0.15, 0.2) is 0 Å². The van der Waals surface area contributed by atoms with Crippen LogP contribution in [0.2, 0.25) is 0 Å². The normalized spacial score (nSPS) is 21.0. The van der Waals surface area contributed by atoms with Gasteiger partial charge in [0.05, 0.1) is 4.90 Å². The third kappa shape index (κ3) is 3.71. The van der Waals surface area contributed by atoms with E-state index in [4.69, 9.17) is 5.73 Å². The Bertz CT molecular complexity index is 552. The van der Waals surface area contributed by atoms with Crippen LogP contribution in [0, 0.1) is 6.92 Å². The first-order valence-corrected chi connectivity index (χ1v) is 8.44. The molecule has 0 aliphatic carbocycles. The van der Waals surface area contributed by atoms with Crippen LogP contribution in [0.3, 0.4) is 0 Å². The van der Waals surface area contributed by atoms with E-state index in [9.17, 15) is 8.42 Å². The minimum absolute atomic E-state index is 0.244. The average molecular weight is 297 g/mol. The van der Waals surface area contributed by atoms with E-state index >= 15 is 0 Å². The summed E-state index contributed by atoms with van der Waals surface area (Å²) in [5.41, 5.74) is 7.04. The Labute approximate surface area is 121 Å². The smallest absolute Gasteiger partial charge is 0.240 e. The van der Waals surface area contributed by atoms with Crippen molar-refractivity contribution >= 4 is 15.7 Å². The van der Waals surface area contributed by atoms with Crippen molar-refractivity contribution in [3.8, 4) is 0 Å². The van der Waals surface area contributed by atoms with E-state index in [-0.39, 0.29) is 10.9 Å². The first kappa shape index (κ1) is 15.3. The third-order valence-electron chi connectivity index (χ3n) is 3.81. The van der Waals surface area contributed by atoms with E-state index in [0.29, 0.717) is 12.2 Å². The Morgan fingerprint density at radius 3 is 2.75 bits per heavy atom. The zero-order chi connectivity index (χ0) is 14.8. The van der Waals surface area contributed by atoms with Crippen LogP contribution in [0.25, 0.3) is 0 Å². The molecule has 1 aromatic carbocycles. The summed E-state index contributed by atoms with van der Waals surface area (Å²) in [6.07, 6.45) is 3.39. The average Bonchev–Trinajstić information content (AvgIpc) is 2.37. The first-order valence-electron chi connectivity index (χ1n) is 6.95. The largest absolute Gasteiger partial charge is 0.399 e. The Hall–Kier alpha value is -1.11. The number of benzene rings is 1. The number of sulfonamides is 1. The molecule has 1 aromatic rings. The molecule has 1 aliphatic rings. The van der Waals surface area contributed by atoms with E-state index in [1.807, 2.05) is 14.0 Å². The molecule has 3 N–H and O–H groups in total. The van der Waals surface area contributed by atoms with Gasteiger partial charge in [-0.2, -0.15) is 0 Å². The van der Waals surface area contributed by atoms with Gasteiger partial charge in [0.25, 0.3) is 0 Å². The highest BCUT2D eigenvalue weighted by Gasteiger charge is 2.22. The van der Waals surface area contributed by atoms with E-state index in [2.05, 4.69) is 9.62 Å². The summed E-state index contributed by atoms with van der Waals surface area (Å²) in [6.45, 7) is 3.32. The Kier molecular flexibility index (Phi) is 4.67. The molecule has 6 heteroatoms. The summed E-state index contributed by atoms with van der Waals surface area (Å²) in [5, 5.41) is 0. The number of hydrogen-bond donors (Lipinski definition) is 2. The number of likely N-dealkylation sites (tertiary alicyclic amines) is 1. The molecular weight excluding hydrogens is 274 g/mol. The topological polar surface area (TPSA) is 75.4 Å². The quantitative estimate of drug-likeness (QED) is 0.822. The van der Waals surface area contributed by atoms with E-state index < -0.39 is 10.0 Å². The zero-order valence-electron chi connectivity index (χ0n) is 12.1.